The maximum absolute atomic E-state index is 6.22. The van der Waals surface area contributed by atoms with Gasteiger partial charge >= 0.3 is 0 Å². The summed E-state index contributed by atoms with van der Waals surface area (Å²) in [5, 5.41) is 4.63. The lowest BCUT2D eigenvalue weighted by Crippen LogP contribution is -2.23. The Morgan fingerprint density at radius 1 is 1.33 bits per heavy atom. The molecule has 5 heteroatoms. The summed E-state index contributed by atoms with van der Waals surface area (Å²) in [4.78, 5) is 0. The summed E-state index contributed by atoms with van der Waals surface area (Å²) in [6, 6.07) is 5.94. The van der Waals surface area contributed by atoms with Crippen molar-refractivity contribution in [1.29, 1.82) is 0 Å². The average molecular weight is 326 g/mol. The Balaban J connectivity index is 1.92. The molecule has 1 atom stereocenters. The standard InChI is InChI=1S/C16H17Cl2NO2/c1-2-19-14(13-4-6-21-16(13)18)9-11-8-12(17)7-10-3-5-20-15(10)11/h4,6-8,14,19H,2-3,5,9H2,1H3. The molecule has 2 aromatic rings. The largest absolute Gasteiger partial charge is 0.493 e. The first kappa shape index (κ1) is 14.8. The van der Waals surface area contributed by atoms with Crippen LogP contribution in [0.3, 0.4) is 0 Å². The van der Waals surface area contributed by atoms with Crippen LogP contribution in [0.1, 0.15) is 29.7 Å². The number of halogens is 2. The van der Waals surface area contributed by atoms with Gasteiger partial charge in [0.15, 0.2) is 5.22 Å². The zero-order chi connectivity index (χ0) is 14.8. The monoisotopic (exact) mass is 325 g/mol. The van der Waals surface area contributed by atoms with Crippen molar-refractivity contribution >= 4 is 23.2 Å². The van der Waals surface area contributed by atoms with E-state index in [-0.39, 0.29) is 6.04 Å². The molecule has 3 nitrogen and oxygen atoms in total. The Kier molecular flexibility index (Phi) is 4.43. The van der Waals surface area contributed by atoms with Gasteiger partial charge in [0.1, 0.15) is 5.75 Å². The summed E-state index contributed by atoms with van der Waals surface area (Å²) >= 11 is 12.3. The lowest BCUT2D eigenvalue weighted by atomic mass is 9.98. The van der Waals surface area contributed by atoms with Gasteiger partial charge < -0.3 is 14.5 Å². The SMILES string of the molecule is CCNC(Cc1cc(Cl)cc2c1OCC2)c1ccoc1Cl. The van der Waals surface area contributed by atoms with E-state index in [0.717, 1.165) is 47.9 Å². The van der Waals surface area contributed by atoms with Crippen molar-refractivity contribution < 1.29 is 9.15 Å². The number of benzene rings is 1. The maximum Gasteiger partial charge on any atom is 0.197 e. The van der Waals surface area contributed by atoms with Crippen LogP contribution in [0.15, 0.2) is 28.9 Å². The van der Waals surface area contributed by atoms with Crippen LogP contribution in [-0.2, 0) is 12.8 Å². The molecule has 1 aromatic carbocycles. The molecule has 112 valence electrons. The number of fused-ring (bicyclic) bond motifs is 1. The van der Waals surface area contributed by atoms with Gasteiger partial charge in [-0.15, -0.1) is 0 Å². The molecule has 0 saturated carbocycles. The molecule has 3 rings (SSSR count). The molecule has 0 spiro atoms. The molecule has 1 aliphatic heterocycles. The van der Waals surface area contributed by atoms with Crippen molar-refractivity contribution in [2.45, 2.75) is 25.8 Å². The third-order valence-electron chi connectivity index (χ3n) is 3.72. The second kappa shape index (κ2) is 6.30. The van der Waals surface area contributed by atoms with Crippen LogP contribution >= 0.6 is 23.2 Å². The summed E-state index contributed by atoms with van der Waals surface area (Å²) in [7, 11) is 0. The predicted molar refractivity (Wildman–Crippen MR) is 84.5 cm³/mol. The first-order valence-corrected chi connectivity index (χ1v) is 7.85. The Labute approximate surface area is 134 Å². The molecule has 0 aliphatic carbocycles. The van der Waals surface area contributed by atoms with Crippen LogP contribution in [0.5, 0.6) is 5.75 Å². The minimum absolute atomic E-state index is 0.0769. The highest BCUT2D eigenvalue weighted by atomic mass is 35.5. The van der Waals surface area contributed by atoms with E-state index in [1.54, 1.807) is 6.26 Å². The minimum atomic E-state index is 0.0769. The second-order valence-electron chi connectivity index (χ2n) is 5.12. The topological polar surface area (TPSA) is 34.4 Å². The number of nitrogens with one attached hydrogen (secondary N) is 1. The third kappa shape index (κ3) is 3.05. The van der Waals surface area contributed by atoms with E-state index >= 15 is 0 Å². The van der Waals surface area contributed by atoms with Gasteiger partial charge in [0.25, 0.3) is 0 Å². The molecule has 0 radical (unpaired) electrons. The van der Waals surface area contributed by atoms with Crippen LogP contribution in [0.2, 0.25) is 10.2 Å². The quantitative estimate of drug-likeness (QED) is 0.883. The second-order valence-corrected chi connectivity index (χ2v) is 5.90. The number of rotatable bonds is 5. The molecule has 1 aromatic heterocycles. The number of hydrogen-bond acceptors (Lipinski definition) is 3. The van der Waals surface area contributed by atoms with E-state index in [4.69, 9.17) is 32.4 Å². The van der Waals surface area contributed by atoms with Crippen LogP contribution < -0.4 is 10.1 Å². The summed E-state index contributed by atoms with van der Waals surface area (Å²) in [6.07, 6.45) is 3.29. The highest BCUT2D eigenvalue weighted by molar-refractivity contribution is 6.30. The summed E-state index contributed by atoms with van der Waals surface area (Å²) in [6.45, 7) is 3.64. The Morgan fingerprint density at radius 3 is 2.90 bits per heavy atom. The smallest absolute Gasteiger partial charge is 0.197 e. The molecular formula is C16H17Cl2NO2. The van der Waals surface area contributed by atoms with E-state index in [1.807, 2.05) is 18.2 Å². The molecular weight excluding hydrogens is 309 g/mol. The Hall–Kier alpha value is -1.16. The fraction of sp³-hybridized carbons (Fsp3) is 0.375. The zero-order valence-electron chi connectivity index (χ0n) is 11.8. The predicted octanol–water partition coefficient (Wildman–Crippen LogP) is 4.41. The zero-order valence-corrected chi connectivity index (χ0v) is 13.3. The molecule has 0 fully saturated rings. The fourth-order valence-corrected chi connectivity index (χ4v) is 3.32. The van der Waals surface area contributed by atoms with Gasteiger partial charge in [-0.05, 0) is 53.9 Å². The molecule has 0 amide bonds. The van der Waals surface area contributed by atoms with Gasteiger partial charge in [-0.1, -0.05) is 18.5 Å². The van der Waals surface area contributed by atoms with Gasteiger partial charge in [-0.25, -0.2) is 0 Å². The first-order valence-electron chi connectivity index (χ1n) is 7.09. The van der Waals surface area contributed by atoms with Crippen molar-refractivity contribution in [2.75, 3.05) is 13.2 Å². The summed E-state index contributed by atoms with van der Waals surface area (Å²) in [5.74, 6) is 0.974. The van der Waals surface area contributed by atoms with Gasteiger partial charge in [0.05, 0.1) is 12.9 Å². The fourth-order valence-electron chi connectivity index (χ4n) is 2.81. The van der Waals surface area contributed by atoms with E-state index < -0.39 is 0 Å². The number of furan rings is 1. The van der Waals surface area contributed by atoms with Crippen LogP contribution in [-0.4, -0.2) is 13.2 Å². The number of ether oxygens (including phenoxy) is 1. The highest BCUT2D eigenvalue weighted by Gasteiger charge is 2.22. The van der Waals surface area contributed by atoms with Crippen molar-refractivity contribution in [3.05, 3.63) is 51.4 Å². The highest BCUT2D eigenvalue weighted by Crippen LogP contribution is 2.36. The maximum atomic E-state index is 6.22. The normalized spacial score (nSPS) is 14.8. The van der Waals surface area contributed by atoms with Crippen LogP contribution in [0.25, 0.3) is 0 Å². The van der Waals surface area contributed by atoms with Crippen LogP contribution in [0, 0.1) is 0 Å². The lowest BCUT2D eigenvalue weighted by molar-refractivity contribution is 0.351. The third-order valence-corrected chi connectivity index (χ3v) is 4.25. The van der Waals surface area contributed by atoms with Crippen molar-refractivity contribution in [2.24, 2.45) is 0 Å². The van der Waals surface area contributed by atoms with Gasteiger partial charge in [0, 0.05) is 23.0 Å². The van der Waals surface area contributed by atoms with Gasteiger partial charge in [-0.2, -0.15) is 0 Å². The molecule has 0 saturated heterocycles. The van der Waals surface area contributed by atoms with E-state index in [1.165, 1.54) is 5.56 Å². The van der Waals surface area contributed by atoms with Crippen LogP contribution in [0.4, 0.5) is 0 Å². The number of hydrogen-bond donors (Lipinski definition) is 1. The molecule has 1 N–H and O–H groups in total. The average Bonchev–Trinajstić information content (AvgIpc) is 3.06. The van der Waals surface area contributed by atoms with Gasteiger partial charge in [0.2, 0.25) is 0 Å². The molecule has 21 heavy (non-hydrogen) atoms. The summed E-state index contributed by atoms with van der Waals surface area (Å²) in [5.41, 5.74) is 3.26. The molecule has 0 bridgehead atoms. The van der Waals surface area contributed by atoms with E-state index in [0.29, 0.717) is 5.22 Å². The van der Waals surface area contributed by atoms with E-state index in [9.17, 15) is 0 Å². The van der Waals surface area contributed by atoms with Gasteiger partial charge in [-0.3, -0.25) is 0 Å². The summed E-state index contributed by atoms with van der Waals surface area (Å²) < 4.78 is 11.0. The Morgan fingerprint density at radius 2 is 2.19 bits per heavy atom. The first-order chi connectivity index (χ1) is 10.2. The van der Waals surface area contributed by atoms with Crippen molar-refractivity contribution in [3.8, 4) is 5.75 Å². The Bertz CT molecular complexity index is 639. The lowest BCUT2D eigenvalue weighted by Gasteiger charge is -2.19. The molecule has 1 aliphatic rings. The van der Waals surface area contributed by atoms with Crippen molar-refractivity contribution in [3.63, 3.8) is 0 Å². The number of likely N-dealkylation sites (N-methyl/N-ethyl adjacent to an activating group) is 1. The molecule has 2 heterocycles. The molecule has 1 unspecified atom stereocenters. The minimum Gasteiger partial charge on any atom is -0.493 e. The van der Waals surface area contributed by atoms with E-state index in [2.05, 4.69) is 12.2 Å². The van der Waals surface area contributed by atoms with Crippen molar-refractivity contribution in [1.82, 2.24) is 5.32 Å².